The number of nitrogens with one attached hydrogen (secondary N) is 2. The van der Waals surface area contributed by atoms with Crippen LogP contribution in [0.1, 0.15) is 5.56 Å². The standard InChI is InChI=1S/C23H20N4O3S/c1-17-11-13-20(14-12-17)31(29,30)26-23(28)25-22-10-6-5-9-21(22)18-15-24-27(16-18)19-7-3-2-4-8-19/h2-16H,1H3,(H2,25,26,28). The smallest absolute Gasteiger partial charge is 0.307 e. The molecule has 0 atom stereocenters. The minimum absolute atomic E-state index is 0.0191. The summed E-state index contributed by atoms with van der Waals surface area (Å²) in [6.07, 6.45) is 3.53. The molecule has 0 fully saturated rings. The second kappa shape index (κ2) is 8.45. The second-order valence-electron chi connectivity index (χ2n) is 6.93. The molecule has 0 bridgehead atoms. The number of carbonyl (C=O) groups is 1. The van der Waals surface area contributed by atoms with Crippen molar-refractivity contribution in [1.82, 2.24) is 14.5 Å². The molecule has 8 heteroatoms. The fourth-order valence-corrected chi connectivity index (χ4v) is 3.98. The van der Waals surface area contributed by atoms with E-state index in [0.29, 0.717) is 11.3 Å². The Morgan fingerprint density at radius 1 is 0.903 bits per heavy atom. The van der Waals surface area contributed by atoms with E-state index in [9.17, 15) is 13.2 Å². The van der Waals surface area contributed by atoms with Gasteiger partial charge in [-0.05, 0) is 37.3 Å². The molecule has 1 heterocycles. The first kappa shape index (κ1) is 20.4. The SMILES string of the molecule is Cc1ccc(S(=O)(=O)NC(=O)Nc2ccccc2-c2cnn(-c3ccccc3)c2)cc1. The van der Waals surface area contributed by atoms with Gasteiger partial charge in [-0.15, -0.1) is 0 Å². The van der Waals surface area contributed by atoms with Crippen LogP contribution in [0.25, 0.3) is 16.8 Å². The van der Waals surface area contributed by atoms with Gasteiger partial charge in [0.25, 0.3) is 10.0 Å². The lowest BCUT2D eigenvalue weighted by molar-refractivity contribution is 0.256. The van der Waals surface area contributed by atoms with Crippen molar-refractivity contribution in [2.24, 2.45) is 0 Å². The van der Waals surface area contributed by atoms with E-state index in [1.807, 2.05) is 55.6 Å². The van der Waals surface area contributed by atoms with Crippen LogP contribution in [0.2, 0.25) is 0 Å². The Morgan fingerprint density at radius 2 is 1.58 bits per heavy atom. The second-order valence-corrected chi connectivity index (χ2v) is 8.61. The van der Waals surface area contributed by atoms with Crippen molar-refractivity contribution >= 4 is 21.7 Å². The summed E-state index contributed by atoms with van der Waals surface area (Å²) >= 11 is 0. The predicted molar refractivity (Wildman–Crippen MR) is 120 cm³/mol. The van der Waals surface area contributed by atoms with Crippen LogP contribution >= 0.6 is 0 Å². The number of aryl methyl sites for hydroxylation is 1. The van der Waals surface area contributed by atoms with Crippen molar-refractivity contribution in [2.75, 3.05) is 5.32 Å². The number of nitrogens with zero attached hydrogens (tertiary/aromatic N) is 2. The van der Waals surface area contributed by atoms with Gasteiger partial charge in [0.05, 0.1) is 22.5 Å². The molecule has 0 aliphatic rings. The van der Waals surface area contributed by atoms with Gasteiger partial charge in [0.2, 0.25) is 0 Å². The fraction of sp³-hybridized carbons (Fsp3) is 0.0435. The maximum absolute atomic E-state index is 12.5. The summed E-state index contributed by atoms with van der Waals surface area (Å²) < 4.78 is 28.7. The zero-order chi connectivity index (χ0) is 21.8. The molecule has 31 heavy (non-hydrogen) atoms. The number of amides is 2. The molecule has 4 aromatic rings. The van der Waals surface area contributed by atoms with Gasteiger partial charge in [-0.3, -0.25) is 0 Å². The number of anilines is 1. The highest BCUT2D eigenvalue weighted by Crippen LogP contribution is 2.28. The average molecular weight is 433 g/mol. The highest BCUT2D eigenvalue weighted by molar-refractivity contribution is 7.90. The first-order valence-corrected chi connectivity index (χ1v) is 11.0. The number of hydrogen-bond donors (Lipinski definition) is 2. The zero-order valence-electron chi connectivity index (χ0n) is 16.7. The Labute approximate surface area is 180 Å². The lowest BCUT2D eigenvalue weighted by Crippen LogP contribution is -2.34. The van der Waals surface area contributed by atoms with Gasteiger partial charge in [-0.2, -0.15) is 5.10 Å². The predicted octanol–water partition coefficient (Wildman–Crippen LogP) is 4.36. The van der Waals surface area contributed by atoms with E-state index >= 15 is 0 Å². The molecular formula is C23H20N4O3S. The van der Waals surface area contributed by atoms with Crippen molar-refractivity contribution in [1.29, 1.82) is 0 Å². The van der Waals surface area contributed by atoms with Gasteiger partial charge in [0.15, 0.2) is 0 Å². The van der Waals surface area contributed by atoms with Gasteiger partial charge in [0, 0.05) is 17.3 Å². The number of urea groups is 1. The van der Waals surface area contributed by atoms with Crippen molar-refractivity contribution < 1.29 is 13.2 Å². The average Bonchev–Trinajstić information content (AvgIpc) is 3.25. The Balaban J connectivity index is 1.55. The molecule has 0 radical (unpaired) electrons. The van der Waals surface area contributed by atoms with Gasteiger partial charge in [-0.25, -0.2) is 22.6 Å². The quantitative estimate of drug-likeness (QED) is 0.490. The maximum atomic E-state index is 12.5. The van der Waals surface area contributed by atoms with Gasteiger partial charge >= 0.3 is 6.03 Å². The third kappa shape index (κ3) is 4.65. The van der Waals surface area contributed by atoms with Crippen LogP contribution in [-0.2, 0) is 10.0 Å². The summed E-state index contributed by atoms with van der Waals surface area (Å²) in [5.74, 6) is 0. The van der Waals surface area contributed by atoms with Gasteiger partial charge < -0.3 is 5.32 Å². The number of rotatable bonds is 5. The molecule has 0 aliphatic carbocycles. The molecule has 2 N–H and O–H groups in total. The Morgan fingerprint density at radius 3 is 2.32 bits per heavy atom. The van der Waals surface area contributed by atoms with E-state index in [-0.39, 0.29) is 4.90 Å². The number of para-hydroxylation sites is 2. The van der Waals surface area contributed by atoms with E-state index in [0.717, 1.165) is 16.8 Å². The number of benzene rings is 3. The van der Waals surface area contributed by atoms with Crippen molar-refractivity contribution in [3.05, 3.63) is 96.8 Å². The summed E-state index contributed by atoms with van der Waals surface area (Å²) in [5.41, 5.74) is 3.79. The van der Waals surface area contributed by atoms with E-state index in [2.05, 4.69) is 15.1 Å². The van der Waals surface area contributed by atoms with Crippen molar-refractivity contribution in [2.45, 2.75) is 11.8 Å². The molecule has 0 saturated heterocycles. The van der Waals surface area contributed by atoms with Crippen LogP contribution in [0.3, 0.4) is 0 Å². The summed E-state index contributed by atoms with van der Waals surface area (Å²) in [6.45, 7) is 1.85. The third-order valence-corrected chi connectivity index (χ3v) is 5.99. The lowest BCUT2D eigenvalue weighted by Gasteiger charge is -2.11. The molecule has 7 nitrogen and oxygen atoms in total. The first-order valence-electron chi connectivity index (χ1n) is 9.52. The third-order valence-electron chi connectivity index (χ3n) is 4.65. The summed E-state index contributed by atoms with van der Waals surface area (Å²) in [4.78, 5) is 12.5. The molecule has 156 valence electrons. The largest absolute Gasteiger partial charge is 0.333 e. The fourth-order valence-electron chi connectivity index (χ4n) is 3.07. The molecule has 0 saturated carbocycles. The molecule has 0 spiro atoms. The molecule has 1 aromatic heterocycles. The number of hydrogen-bond acceptors (Lipinski definition) is 4. The maximum Gasteiger partial charge on any atom is 0.333 e. The normalized spacial score (nSPS) is 11.1. The highest BCUT2D eigenvalue weighted by atomic mass is 32.2. The minimum atomic E-state index is -3.98. The van der Waals surface area contributed by atoms with Crippen LogP contribution < -0.4 is 10.0 Å². The molecule has 0 unspecified atom stereocenters. The number of carbonyl (C=O) groups excluding carboxylic acids is 1. The summed E-state index contributed by atoms with van der Waals surface area (Å²) in [7, 11) is -3.98. The monoisotopic (exact) mass is 432 g/mol. The van der Waals surface area contributed by atoms with E-state index in [1.54, 1.807) is 35.1 Å². The van der Waals surface area contributed by atoms with Crippen LogP contribution in [0.4, 0.5) is 10.5 Å². The molecule has 3 aromatic carbocycles. The van der Waals surface area contributed by atoms with E-state index in [1.165, 1.54) is 12.1 Å². The highest BCUT2D eigenvalue weighted by Gasteiger charge is 2.18. The molecule has 0 aliphatic heterocycles. The first-order chi connectivity index (χ1) is 14.9. The minimum Gasteiger partial charge on any atom is -0.307 e. The topological polar surface area (TPSA) is 93.1 Å². The van der Waals surface area contributed by atoms with Crippen LogP contribution in [0, 0.1) is 6.92 Å². The molecular weight excluding hydrogens is 412 g/mol. The molecule has 2 amide bonds. The van der Waals surface area contributed by atoms with Crippen LogP contribution in [-0.4, -0.2) is 24.2 Å². The van der Waals surface area contributed by atoms with Crippen LogP contribution in [0.15, 0.2) is 96.2 Å². The van der Waals surface area contributed by atoms with Crippen LogP contribution in [0.5, 0.6) is 0 Å². The summed E-state index contributed by atoms with van der Waals surface area (Å²) in [5, 5.41) is 7.01. The number of aromatic nitrogens is 2. The summed E-state index contributed by atoms with van der Waals surface area (Å²) in [6, 6.07) is 22.2. The zero-order valence-corrected chi connectivity index (χ0v) is 17.5. The Bertz CT molecular complexity index is 1310. The Hall–Kier alpha value is -3.91. The van der Waals surface area contributed by atoms with E-state index < -0.39 is 16.1 Å². The van der Waals surface area contributed by atoms with Gasteiger partial charge in [-0.1, -0.05) is 54.1 Å². The van der Waals surface area contributed by atoms with Gasteiger partial charge in [0.1, 0.15) is 0 Å². The lowest BCUT2D eigenvalue weighted by atomic mass is 10.1. The van der Waals surface area contributed by atoms with Crippen molar-refractivity contribution in [3.63, 3.8) is 0 Å². The Kier molecular flexibility index (Phi) is 5.55. The number of sulfonamides is 1. The molecule has 4 rings (SSSR count). The van der Waals surface area contributed by atoms with E-state index in [4.69, 9.17) is 0 Å². The van der Waals surface area contributed by atoms with Crippen molar-refractivity contribution in [3.8, 4) is 16.8 Å².